The molecule has 2 amide bonds. The van der Waals surface area contributed by atoms with Crippen molar-refractivity contribution in [2.24, 2.45) is 11.8 Å². The van der Waals surface area contributed by atoms with Crippen LogP contribution in [-0.2, 0) is 9.59 Å². The summed E-state index contributed by atoms with van der Waals surface area (Å²) >= 11 is 0. The summed E-state index contributed by atoms with van der Waals surface area (Å²) in [6.07, 6.45) is 5.87. The molecule has 0 spiro atoms. The average molecular weight is 456 g/mol. The standard InChI is InChI=1S/C26H25N5O3/c1-34-18-13-11-16(12-14-18)21-15-22(17-7-3-2-4-8-17)31-25(27-21)28-26(29-31)30-23(32)19-9-5-6-10-20(19)24(30)33/h2-8,11-14,19-22H,9-10,15H2,1H3,(H,27,28,29)/t19-,20+,21-,22-/m1/s1. The first-order chi connectivity index (χ1) is 16.6. The molecule has 1 fully saturated rings. The van der Waals surface area contributed by atoms with Crippen LogP contribution < -0.4 is 15.0 Å². The molecule has 34 heavy (non-hydrogen) atoms. The fourth-order valence-electron chi connectivity index (χ4n) is 5.27. The summed E-state index contributed by atoms with van der Waals surface area (Å²) < 4.78 is 7.11. The second-order valence-electron chi connectivity index (χ2n) is 8.98. The number of rotatable bonds is 4. The largest absolute Gasteiger partial charge is 0.497 e. The minimum absolute atomic E-state index is 0.0163. The van der Waals surface area contributed by atoms with Gasteiger partial charge in [0.05, 0.1) is 31.0 Å². The molecule has 0 radical (unpaired) electrons. The minimum Gasteiger partial charge on any atom is -0.497 e. The molecule has 1 saturated heterocycles. The lowest BCUT2D eigenvalue weighted by Gasteiger charge is -2.31. The number of hydrogen-bond acceptors (Lipinski definition) is 6. The molecule has 8 nitrogen and oxygen atoms in total. The van der Waals surface area contributed by atoms with Gasteiger partial charge in [0.1, 0.15) is 5.75 Å². The van der Waals surface area contributed by atoms with E-state index in [4.69, 9.17) is 9.84 Å². The second-order valence-corrected chi connectivity index (χ2v) is 8.98. The number of nitrogens with zero attached hydrogens (tertiary/aromatic N) is 4. The number of aromatic nitrogens is 3. The van der Waals surface area contributed by atoms with E-state index in [1.165, 1.54) is 4.90 Å². The number of allylic oxidation sites excluding steroid dienone is 2. The number of anilines is 2. The fraction of sp³-hybridized carbons (Fsp3) is 0.308. The quantitative estimate of drug-likeness (QED) is 0.474. The van der Waals surface area contributed by atoms with E-state index in [1.54, 1.807) is 7.11 Å². The topological polar surface area (TPSA) is 89.4 Å². The molecule has 2 aromatic carbocycles. The van der Waals surface area contributed by atoms with Crippen molar-refractivity contribution in [3.8, 4) is 5.75 Å². The zero-order valence-corrected chi connectivity index (χ0v) is 18.8. The number of hydrogen-bond donors (Lipinski definition) is 1. The van der Waals surface area contributed by atoms with Crippen LogP contribution in [0.4, 0.5) is 11.9 Å². The Kier molecular flexibility index (Phi) is 4.94. The van der Waals surface area contributed by atoms with Gasteiger partial charge < -0.3 is 10.1 Å². The van der Waals surface area contributed by atoms with Crippen molar-refractivity contribution in [2.75, 3.05) is 17.3 Å². The zero-order chi connectivity index (χ0) is 23.2. The van der Waals surface area contributed by atoms with Gasteiger partial charge in [0.2, 0.25) is 17.8 Å². The van der Waals surface area contributed by atoms with Crippen molar-refractivity contribution >= 4 is 23.7 Å². The Hall–Kier alpha value is -3.94. The summed E-state index contributed by atoms with van der Waals surface area (Å²) in [5.41, 5.74) is 2.19. The van der Waals surface area contributed by atoms with Gasteiger partial charge in [0.15, 0.2) is 0 Å². The van der Waals surface area contributed by atoms with Crippen LogP contribution in [0.15, 0.2) is 66.7 Å². The summed E-state index contributed by atoms with van der Waals surface area (Å²) in [6.45, 7) is 0. The van der Waals surface area contributed by atoms with Gasteiger partial charge in [0.25, 0.3) is 5.95 Å². The van der Waals surface area contributed by atoms with Crippen molar-refractivity contribution in [1.82, 2.24) is 14.8 Å². The molecule has 172 valence electrons. The summed E-state index contributed by atoms with van der Waals surface area (Å²) in [5.74, 6) is 0.459. The lowest BCUT2D eigenvalue weighted by atomic mass is 9.85. The van der Waals surface area contributed by atoms with E-state index < -0.39 is 0 Å². The third-order valence-corrected chi connectivity index (χ3v) is 7.09. The summed E-state index contributed by atoms with van der Waals surface area (Å²) in [5, 5.41) is 8.17. The highest BCUT2D eigenvalue weighted by atomic mass is 16.5. The fourth-order valence-corrected chi connectivity index (χ4v) is 5.27. The van der Waals surface area contributed by atoms with Gasteiger partial charge in [-0.15, -0.1) is 5.10 Å². The highest BCUT2D eigenvalue weighted by molar-refractivity contribution is 6.21. The normalized spacial score (nSPS) is 25.6. The Labute approximate surface area is 197 Å². The van der Waals surface area contributed by atoms with Gasteiger partial charge in [0, 0.05) is 0 Å². The number of nitrogens with one attached hydrogen (secondary N) is 1. The van der Waals surface area contributed by atoms with Crippen molar-refractivity contribution in [3.05, 3.63) is 77.9 Å². The van der Waals surface area contributed by atoms with Gasteiger partial charge in [-0.25, -0.2) is 9.58 Å². The van der Waals surface area contributed by atoms with Crippen LogP contribution in [0.5, 0.6) is 5.75 Å². The van der Waals surface area contributed by atoms with Crippen molar-refractivity contribution < 1.29 is 14.3 Å². The molecule has 3 aliphatic rings. The Morgan fingerprint density at radius 3 is 2.24 bits per heavy atom. The molecule has 0 unspecified atom stereocenters. The van der Waals surface area contributed by atoms with Crippen LogP contribution >= 0.6 is 0 Å². The Bertz CT molecular complexity index is 1240. The van der Waals surface area contributed by atoms with Crippen molar-refractivity contribution in [3.63, 3.8) is 0 Å². The molecule has 0 bridgehead atoms. The average Bonchev–Trinajstić information content (AvgIpc) is 3.42. The van der Waals surface area contributed by atoms with E-state index in [-0.39, 0.29) is 41.7 Å². The van der Waals surface area contributed by atoms with E-state index in [0.29, 0.717) is 18.8 Å². The zero-order valence-electron chi connectivity index (χ0n) is 18.8. The number of amides is 2. The highest BCUT2D eigenvalue weighted by Crippen LogP contribution is 2.41. The first-order valence-corrected chi connectivity index (χ1v) is 11.6. The second kappa shape index (κ2) is 8.13. The van der Waals surface area contributed by atoms with E-state index in [1.807, 2.05) is 59.3 Å². The molecular formula is C26H25N5O3. The van der Waals surface area contributed by atoms with Gasteiger partial charge in [-0.2, -0.15) is 4.98 Å². The number of imide groups is 1. The first kappa shape index (κ1) is 20.7. The van der Waals surface area contributed by atoms with Gasteiger partial charge in [-0.05, 0) is 42.5 Å². The van der Waals surface area contributed by atoms with E-state index >= 15 is 0 Å². The number of ether oxygens (including phenoxy) is 1. The highest BCUT2D eigenvalue weighted by Gasteiger charge is 2.49. The Balaban J connectivity index is 1.38. The van der Waals surface area contributed by atoms with Gasteiger partial charge >= 0.3 is 0 Å². The number of methoxy groups -OCH3 is 1. The predicted octanol–water partition coefficient (Wildman–Crippen LogP) is 3.89. The summed E-state index contributed by atoms with van der Waals surface area (Å²) in [6, 6.07) is 18.0. The molecule has 6 rings (SSSR count). The lowest BCUT2D eigenvalue weighted by molar-refractivity contribution is -0.122. The molecular weight excluding hydrogens is 430 g/mol. The maximum absolute atomic E-state index is 13.1. The van der Waals surface area contributed by atoms with Crippen molar-refractivity contribution in [2.45, 2.75) is 31.3 Å². The van der Waals surface area contributed by atoms with Crippen LogP contribution in [0.25, 0.3) is 0 Å². The summed E-state index contributed by atoms with van der Waals surface area (Å²) in [7, 11) is 1.65. The SMILES string of the molecule is COc1ccc([C@H]2C[C@H](c3ccccc3)n3nc(N4C(=O)[C@H]5CC=CC[C@H]5C4=O)nc3N2)cc1. The maximum Gasteiger partial charge on any atom is 0.260 e. The third kappa shape index (κ3) is 3.29. The molecule has 3 heterocycles. The van der Waals surface area contributed by atoms with Crippen LogP contribution in [0.1, 0.15) is 42.5 Å². The Morgan fingerprint density at radius 2 is 1.59 bits per heavy atom. The van der Waals surface area contributed by atoms with Gasteiger partial charge in [-0.3, -0.25) is 9.59 Å². The molecule has 1 N–H and O–H groups in total. The van der Waals surface area contributed by atoms with Crippen LogP contribution in [0.2, 0.25) is 0 Å². The van der Waals surface area contributed by atoms with Gasteiger partial charge in [-0.1, -0.05) is 54.6 Å². The van der Waals surface area contributed by atoms with E-state index in [9.17, 15) is 9.59 Å². The first-order valence-electron chi connectivity index (χ1n) is 11.6. The lowest BCUT2D eigenvalue weighted by Crippen LogP contribution is -2.32. The smallest absolute Gasteiger partial charge is 0.260 e. The number of carbonyl (C=O) groups excluding carboxylic acids is 2. The molecule has 1 aliphatic carbocycles. The van der Waals surface area contributed by atoms with E-state index in [2.05, 4.69) is 22.4 Å². The van der Waals surface area contributed by atoms with Crippen LogP contribution in [0, 0.1) is 11.8 Å². The predicted molar refractivity (Wildman–Crippen MR) is 126 cm³/mol. The van der Waals surface area contributed by atoms with Crippen LogP contribution in [0.3, 0.4) is 0 Å². The van der Waals surface area contributed by atoms with Crippen molar-refractivity contribution in [1.29, 1.82) is 0 Å². The third-order valence-electron chi connectivity index (χ3n) is 7.09. The van der Waals surface area contributed by atoms with E-state index in [0.717, 1.165) is 23.3 Å². The molecule has 1 aromatic heterocycles. The Morgan fingerprint density at radius 1 is 0.912 bits per heavy atom. The number of carbonyl (C=O) groups is 2. The number of benzene rings is 2. The molecule has 2 aliphatic heterocycles. The minimum atomic E-state index is -0.317. The number of fused-ring (bicyclic) bond motifs is 2. The maximum atomic E-state index is 13.1. The molecule has 0 saturated carbocycles. The van der Waals surface area contributed by atoms with Crippen LogP contribution in [-0.4, -0.2) is 33.7 Å². The monoisotopic (exact) mass is 455 g/mol. The molecule has 8 heteroatoms. The molecule has 4 atom stereocenters. The molecule has 3 aromatic rings. The summed E-state index contributed by atoms with van der Waals surface area (Å²) in [4.78, 5) is 32.1.